The number of carbonyl (C=O) groups is 1. The molecule has 1 fully saturated rings. The van der Waals surface area contributed by atoms with Crippen LogP contribution in [0.15, 0.2) is 41.2 Å². The summed E-state index contributed by atoms with van der Waals surface area (Å²) in [6.45, 7) is 4.26. The van der Waals surface area contributed by atoms with E-state index in [4.69, 9.17) is 32.4 Å². The minimum Gasteiger partial charge on any atom is -0.489 e. The molecular weight excluding hydrogens is 351 g/mol. The molecule has 0 bridgehead atoms. The van der Waals surface area contributed by atoms with E-state index in [0.717, 1.165) is 19.6 Å². The average Bonchev–Trinajstić information content (AvgIpc) is 3.12. The Hall–Kier alpha value is -1.69. The molecule has 1 amide bonds. The first-order valence-electron chi connectivity index (χ1n) is 7.76. The predicted octanol–water partition coefficient (Wildman–Crippen LogP) is 3.42. The smallest absolute Gasteiger partial charge is 0.257 e. The van der Waals surface area contributed by atoms with Crippen LogP contribution in [-0.2, 0) is 0 Å². The van der Waals surface area contributed by atoms with E-state index in [9.17, 15) is 4.79 Å². The maximum Gasteiger partial charge on any atom is 0.257 e. The van der Waals surface area contributed by atoms with Gasteiger partial charge in [-0.3, -0.25) is 9.69 Å². The number of carbonyl (C=O) groups excluding carboxylic acids is 1. The largest absolute Gasteiger partial charge is 0.489 e. The SMILES string of the molecule is O=C(c1ccoc1)N1CCN(CCOc2c(Cl)cccc2Cl)CC1. The van der Waals surface area contributed by atoms with Gasteiger partial charge < -0.3 is 14.1 Å². The topological polar surface area (TPSA) is 45.9 Å². The minimum atomic E-state index is 0.0162. The zero-order chi connectivity index (χ0) is 16.9. The highest BCUT2D eigenvalue weighted by atomic mass is 35.5. The van der Waals surface area contributed by atoms with E-state index in [1.54, 1.807) is 24.3 Å². The predicted molar refractivity (Wildman–Crippen MR) is 93.0 cm³/mol. The third-order valence-corrected chi connectivity index (χ3v) is 4.60. The number of nitrogens with zero attached hydrogens (tertiary/aromatic N) is 2. The standard InChI is InChI=1S/C17H18Cl2N2O3/c18-14-2-1-3-15(19)16(14)24-11-9-20-5-7-21(8-6-20)17(22)13-4-10-23-12-13/h1-4,10,12H,5-9,11H2. The fourth-order valence-corrected chi connectivity index (χ4v) is 3.15. The van der Waals surface area contributed by atoms with Gasteiger partial charge in [0.2, 0.25) is 0 Å². The molecule has 3 rings (SSSR count). The highest BCUT2D eigenvalue weighted by Crippen LogP contribution is 2.32. The van der Waals surface area contributed by atoms with Crippen molar-refractivity contribution in [2.24, 2.45) is 0 Å². The molecule has 0 aliphatic carbocycles. The van der Waals surface area contributed by atoms with Crippen molar-refractivity contribution in [1.82, 2.24) is 9.80 Å². The van der Waals surface area contributed by atoms with Crippen LogP contribution in [0.3, 0.4) is 0 Å². The summed E-state index contributed by atoms with van der Waals surface area (Å²) in [5.74, 6) is 0.539. The number of halogens is 2. The average molecular weight is 369 g/mol. The number of rotatable bonds is 5. The molecule has 1 aliphatic heterocycles. The summed E-state index contributed by atoms with van der Waals surface area (Å²) in [4.78, 5) is 16.3. The number of furan rings is 1. The van der Waals surface area contributed by atoms with Gasteiger partial charge in [0.15, 0.2) is 5.75 Å². The van der Waals surface area contributed by atoms with Crippen molar-refractivity contribution >= 4 is 29.1 Å². The summed E-state index contributed by atoms with van der Waals surface area (Å²) in [7, 11) is 0. The first-order chi connectivity index (χ1) is 11.6. The van der Waals surface area contributed by atoms with E-state index in [1.807, 2.05) is 4.90 Å². The third kappa shape index (κ3) is 4.04. The molecule has 128 valence electrons. The highest BCUT2D eigenvalue weighted by Gasteiger charge is 2.22. The molecule has 0 radical (unpaired) electrons. The Morgan fingerprint density at radius 3 is 2.46 bits per heavy atom. The Bertz CT molecular complexity index is 663. The fraction of sp³-hybridized carbons (Fsp3) is 0.353. The van der Waals surface area contributed by atoms with Crippen molar-refractivity contribution < 1.29 is 13.9 Å². The molecule has 24 heavy (non-hydrogen) atoms. The minimum absolute atomic E-state index is 0.0162. The Balaban J connectivity index is 1.44. The van der Waals surface area contributed by atoms with Crippen LogP contribution in [-0.4, -0.2) is 55.0 Å². The fourth-order valence-electron chi connectivity index (χ4n) is 2.64. The molecule has 1 aliphatic rings. The van der Waals surface area contributed by atoms with E-state index in [1.165, 1.54) is 12.5 Å². The van der Waals surface area contributed by atoms with Crippen LogP contribution in [0.1, 0.15) is 10.4 Å². The van der Waals surface area contributed by atoms with E-state index >= 15 is 0 Å². The highest BCUT2D eigenvalue weighted by molar-refractivity contribution is 6.37. The van der Waals surface area contributed by atoms with Crippen molar-refractivity contribution in [2.45, 2.75) is 0 Å². The molecule has 2 aromatic rings. The van der Waals surface area contributed by atoms with Gasteiger partial charge >= 0.3 is 0 Å². The summed E-state index contributed by atoms with van der Waals surface area (Å²) < 4.78 is 10.7. The summed E-state index contributed by atoms with van der Waals surface area (Å²) >= 11 is 12.2. The molecule has 5 nitrogen and oxygen atoms in total. The second-order valence-electron chi connectivity index (χ2n) is 5.55. The maximum absolute atomic E-state index is 12.2. The zero-order valence-electron chi connectivity index (χ0n) is 13.1. The Kier molecular flexibility index (Phi) is 5.66. The van der Waals surface area contributed by atoms with Crippen molar-refractivity contribution in [3.8, 4) is 5.75 Å². The van der Waals surface area contributed by atoms with Crippen LogP contribution in [0, 0.1) is 0 Å². The molecular formula is C17H18Cl2N2O3. The van der Waals surface area contributed by atoms with Gasteiger partial charge in [-0.15, -0.1) is 0 Å². The number of amides is 1. The van der Waals surface area contributed by atoms with Crippen molar-refractivity contribution in [3.05, 3.63) is 52.4 Å². The summed E-state index contributed by atoms with van der Waals surface area (Å²) in [6, 6.07) is 6.98. The van der Waals surface area contributed by atoms with Crippen molar-refractivity contribution in [2.75, 3.05) is 39.3 Å². The maximum atomic E-state index is 12.2. The second kappa shape index (κ2) is 7.92. The number of ether oxygens (including phenoxy) is 1. The Morgan fingerprint density at radius 2 is 1.83 bits per heavy atom. The summed E-state index contributed by atoms with van der Waals surface area (Å²) in [5, 5.41) is 1.02. The number of piperazine rings is 1. The number of para-hydroxylation sites is 1. The first-order valence-corrected chi connectivity index (χ1v) is 8.51. The van der Waals surface area contributed by atoms with Gasteiger partial charge in [-0.25, -0.2) is 0 Å². The first kappa shape index (κ1) is 17.1. The van der Waals surface area contributed by atoms with E-state index < -0.39 is 0 Å². The van der Waals surface area contributed by atoms with Gasteiger partial charge in [0, 0.05) is 32.7 Å². The van der Waals surface area contributed by atoms with E-state index in [-0.39, 0.29) is 5.91 Å². The molecule has 1 aromatic heterocycles. The monoisotopic (exact) mass is 368 g/mol. The molecule has 0 saturated carbocycles. The summed E-state index contributed by atoms with van der Waals surface area (Å²) in [5.41, 5.74) is 0.597. The van der Waals surface area contributed by atoms with Gasteiger partial charge in [0.05, 0.1) is 21.9 Å². The lowest BCUT2D eigenvalue weighted by atomic mass is 10.2. The molecule has 0 atom stereocenters. The molecule has 2 heterocycles. The van der Waals surface area contributed by atoms with Gasteiger partial charge in [-0.2, -0.15) is 0 Å². The van der Waals surface area contributed by atoms with Gasteiger partial charge in [-0.1, -0.05) is 29.3 Å². The third-order valence-electron chi connectivity index (χ3n) is 4.00. The van der Waals surface area contributed by atoms with E-state index in [2.05, 4.69) is 4.90 Å². The number of hydrogen-bond donors (Lipinski definition) is 0. The molecule has 1 saturated heterocycles. The van der Waals surface area contributed by atoms with Crippen molar-refractivity contribution in [3.63, 3.8) is 0 Å². The van der Waals surface area contributed by atoms with Crippen LogP contribution in [0.25, 0.3) is 0 Å². The second-order valence-corrected chi connectivity index (χ2v) is 6.36. The molecule has 0 unspecified atom stereocenters. The molecule has 1 aromatic carbocycles. The lowest BCUT2D eigenvalue weighted by molar-refractivity contribution is 0.0619. The Morgan fingerprint density at radius 1 is 1.12 bits per heavy atom. The summed E-state index contributed by atoms with van der Waals surface area (Å²) in [6.07, 6.45) is 3.00. The zero-order valence-corrected chi connectivity index (χ0v) is 14.6. The normalized spacial score (nSPS) is 15.5. The lowest BCUT2D eigenvalue weighted by Crippen LogP contribution is -2.49. The van der Waals surface area contributed by atoms with Crippen LogP contribution < -0.4 is 4.74 Å². The molecule has 0 N–H and O–H groups in total. The van der Waals surface area contributed by atoms with Gasteiger partial charge in [-0.05, 0) is 18.2 Å². The van der Waals surface area contributed by atoms with Crippen LogP contribution >= 0.6 is 23.2 Å². The number of hydrogen-bond acceptors (Lipinski definition) is 4. The molecule has 7 heteroatoms. The van der Waals surface area contributed by atoms with Gasteiger partial charge in [0.25, 0.3) is 5.91 Å². The van der Waals surface area contributed by atoms with Crippen LogP contribution in [0.5, 0.6) is 5.75 Å². The van der Waals surface area contributed by atoms with E-state index in [0.29, 0.717) is 41.1 Å². The molecule has 0 spiro atoms. The lowest BCUT2D eigenvalue weighted by Gasteiger charge is -2.34. The van der Waals surface area contributed by atoms with Crippen LogP contribution in [0.2, 0.25) is 10.0 Å². The Labute approximate surface area is 150 Å². The van der Waals surface area contributed by atoms with Crippen molar-refractivity contribution in [1.29, 1.82) is 0 Å². The van der Waals surface area contributed by atoms with Gasteiger partial charge in [0.1, 0.15) is 12.9 Å². The number of benzene rings is 1. The van der Waals surface area contributed by atoms with Crippen LogP contribution in [0.4, 0.5) is 0 Å². The quantitative estimate of drug-likeness (QED) is 0.810.